The van der Waals surface area contributed by atoms with Crippen molar-refractivity contribution in [1.82, 2.24) is 0 Å². The van der Waals surface area contributed by atoms with Gasteiger partial charge in [0.05, 0.1) is 33.1 Å². The number of morpholine rings is 1. The second-order valence-corrected chi connectivity index (χ2v) is 8.89. The SMILES string of the molecule is COc1cc2c(c(N3CCOCC3)c1OC)CC(Cc1ccc(SC(F)(F)F)cc1)C2=O. The highest BCUT2D eigenvalue weighted by atomic mass is 32.2. The molecule has 0 saturated carbocycles. The number of nitrogens with zero attached hydrogens (tertiary/aromatic N) is 1. The minimum atomic E-state index is -4.32. The van der Waals surface area contributed by atoms with Gasteiger partial charge in [-0.1, -0.05) is 12.1 Å². The topological polar surface area (TPSA) is 48.0 Å². The predicted molar refractivity (Wildman–Crippen MR) is 116 cm³/mol. The fourth-order valence-corrected chi connectivity index (χ4v) is 4.94. The lowest BCUT2D eigenvalue weighted by Gasteiger charge is -2.32. The number of rotatable bonds is 6. The van der Waals surface area contributed by atoms with Crippen LogP contribution in [0.1, 0.15) is 21.5 Å². The van der Waals surface area contributed by atoms with Crippen LogP contribution in [0.5, 0.6) is 11.5 Å². The van der Waals surface area contributed by atoms with E-state index in [1.54, 1.807) is 32.4 Å². The van der Waals surface area contributed by atoms with E-state index in [0.717, 1.165) is 16.8 Å². The summed E-state index contributed by atoms with van der Waals surface area (Å²) >= 11 is -0.142. The van der Waals surface area contributed by atoms with Gasteiger partial charge in [0, 0.05) is 29.5 Å². The Morgan fingerprint density at radius 2 is 1.81 bits per heavy atom. The van der Waals surface area contributed by atoms with Crippen LogP contribution in [0, 0.1) is 5.92 Å². The van der Waals surface area contributed by atoms with Crippen molar-refractivity contribution in [3.8, 4) is 11.5 Å². The number of carbonyl (C=O) groups is 1. The molecule has 0 spiro atoms. The lowest BCUT2D eigenvalue weighted by atomic mass is 9.96. The van der Waals surface area contributed by atoms with Crippen LogP contribution in [-0.4, -0.2) is 51.8 Å². The Morgan fingerprint density at radius 1 is 1.12 bits per heavy atom. The molecule has 1 aliphatic carbocycles. The van der Waals surface area contributed by atoms with E-state index in [2.05, 4.69) is 4.90 Å². The Balaban J connectivity index is 1.61. The maximum Gasteiger partial charge on any atom is 0.446 e. The first-order chi connectivity index (χ1) is 15.3. The van der Waals surface area contributed by atoms with Gasteiger partial charge in [0.15, 0.2) is 17.3 Å². The molecule has 0 aromatic heterocycles. The molecular formula is C23H24F3NO4S. The van der Waals surface area contributed by atoms with Crippen molar-refractivity contribution < 1.29 is 32.2 Å². The molecule has 9 heteroatoms. The molecule has 0 bridgehead atoms. The Bertz CT molecular complexity index is 988. The third kappa shape index (κ3) is 4.68. The molecule has 5 nitrogen and oxygen atoms in total. The smallest absolute Gasteiger partial charge is 0.446 e. The van der Waals surface area contributed by atoms with E-state index in [1.807, 2.05) is 0 Å². The zero-order valence-electron chi connectivity index (χ0n) is 17.8. The molecule has 0 radical (unpaired) electrons. The monoisotopic (exact) mass is 467 g/mol. The zero-order valence-corrected chi connectivity index (χ0v) is 18.6. The number of ketones is 1. The van der Waals surface area contributed by atoms with Crippen LogP contribution in [0.4, 0.5) is 18.9 Å². The largest absolute Gasteiger partial charge is 0.493 e. The minimum Gasteiger partial charge on any atom is -0.493 e. The van der Waals surface area contributed by atoms with Gasteiger partial charge in [-0.3, -0.25) is 4.79 Å². The summed E-state index contributed by atoms with van der Waals surface area (Å²) in [5.41, 5.74) is -1.06. The van der Waals surface area contributed by atoms with Gasteiger partial charge in [-0.05, 0) is 53.9 Å². The van der Waals surface area contributed by atoms with E-state index in [0.29, 0.717) is 56.2 Å². The Morgan fingerprint density at radius 3 is 2.41 bits per heavy atom. The first-order valence-electron chi connectivity index (χ1n) is 10.3. The van der Waals surface area contributed by atoms with Crippen molar-refractivity contribution in [1.29, 1.82) is 0 Å². The van der Waals surface area contributed by atoms with E-state index < -0.39 is 5.51 Å². The second-order valence-electron chi connectivity index (χ2n) is 7.75. The van der Waals surface area contributed by atoms with Crippen LogP contribution in [0.15, 0.2) is 35.2 Å². The molecule has 2 aromatic carbocycles. The molecule has 1 unspecified atom stereocenters. The number of thioether (sulfide) groups is 1. The third-order valence-electron chi connectivity index (χ3n) is 5.80. The average molecular weight is 468 g/mol. The van der Waals surface area contributed by atoms with Gasteiger partial charge in [0.1, 0.15) is 0 Å². The lowest BCUT2D eigenvalue weighted by molar-refractivity contribution is -0.0328. The van der Waals surface area contributed by atoms with Crippen molar-refractivity contribution in [2.45, 2.75) is 23.2 Å². The van der Waals surface area contributed by atoms with Crippen molar-refractivity contribution in [2.75, 3.05) is 45.4 Å². The highest BCUT2D eigenvalue weighted by molar-refractivity contribution is 8.00. The summed E-state index contributed by atoms with van der Waals surface area (Å²) in [6, 6.07) is 7.96. The first-order valence-corrected chi connectivity index (χ1v) is 11.1. The number of hydrogen-bond acceptors (Lipinski definition) is 6. The van der Waals surface area contributed by atoms with Crippen molar-refractivity contribution in [3.63, 3.8) is 0 Å². The number of fused-ring (bicyclic) bond motifs is 1. The standard InChI is InChI=1S/C23H24F3NO4S/c1-29-19-13-18-17(20(22(19)30-2)27-7-9-31-10-8-27)12-15(21(18)28)11-14-3-5-16(6-4-14)32-23(24,25)26/h3-6,13,15H,7-12H2,1-2H3. The number of halogens is 3. The van der Waals surface area contributed by atoms with Gasteiger partial charge in [0.2, 0.25) is 0 Å². The highest BCUT2D eigenvalue weighted by Crippen LogP contribution is 2.47. The van der Waals surface area contributed by atoms with Crippen LogP contribution in [0.25, 0.3) is 0 Å². The Labute approximate surface area is 188 Å². The molecule has 0 amide bonds. The summed E-state index contributed by atoms with van der Waals surface area (Å²) in [4.78, 5) is 15.6. The quantitative estimate of drug-likeness (QED) is 0.572. The predicted octanol–water partition coefficient (Wildman–Crippen LogP) is 4.75. The molecule has 0 N–H and O–H groups in total. The van der Waals surface area contributed by atoms with E-state index in [4.69, 9.17) is 14.2 Å². The van der Waals surface area contributed by atoms with Gasteiger partial charge in [-0.2, -0.15) is 13.2 Å². The number of benzene rings is 2. The Kier molecular flexibility index (Phi) is 6.57. The summed E-state index contributed by atoms with van der Waals surface area (Å²) in [6.45, 7) is 2.56. The van der Waals surface area contributed by atoms with Crippen molar-refractivity contribution in [2.24, 2.45) is 5.92 Å². The summed E-state index contributed by atoms with van der Waals surface area (Å²) in [7, 11) is 3.13. The molecule has 1 aliphatic heterocycles. The number of ether oxygens (including phenoxy) is 3. The molecule has 2 aromatic rings. The second kappa shape index (κ2) is 9.23. The number of anilines is 1. The maximum atomic E-state index is 13.3. The number of hydrogen-bond donors (Lipinski definition) is 0. The van der Waals surface area contributed by atoms with Crippen LogP contribution in [0.3, 0.4) is 0 Å². The minimum absolute atomic E-state index is 0.0178. The third-order valence-corrected chi connectivity index (χ3v) is 6.54. The Hall–Kier alpha value is -2.39. The molecule has 1 fully saturated rings. The van der Waals surface area contributed by atoms with Crippen LogP contribution in [-0.2, 0) is 17.6 Å². The van der Waals surface area contributed by atoms with Gasteiger partial charge < -0.3 is 19.1 Å². The van der Waals surface area contributed by atoms with Gasteiger partial charge >= 0.3 is 5.51 Å². The number of alkyl halides is 3. The normalized spacial score (nSPS) is 18.6. The highest BCUT2D eigenvalue weighted by Gasteiger charge is 2.37. The number of methoxy groups -OCH3 is 2. The van der Waals surface area contributed by atoms with Crippen LogP contribution >= 0.6 is 11.8 Å². The van der Waals surface area contributed by atoms with Gasteiger partial charge in [-0.15, -0.1) is 0 Å². The van der Waals surface area contributed by atoms with Crippen molar-refractivity contribution >= 4 is 23.2 Å². The first kappa shape index (κ1) is 22.8. The molecule has 2 aliphatic rings. The van der Waals surface area contributed by atoms with E-state index in [1.165, 1.54) is 12.1 Å². The molecule has 1 heterocycles. The summed E-state index contributed by atoms with van der Waals surface area (Å²) < 4.78 is 54.4. The van der Waals surface area contributed by atoms with Crippen molar-refractivity contribution in [3.05, 3.63) is 47.0 Å². The summed E-state index contributed by atoms with van der Waals surface area (Å²) in [5.74, 6) is 0.845. The summed E-state index contributed by atoms with van der Waals surface area (Å²) in [5, 5.41) is 0. The average Bonchev–Trinajstić information content (AvgIpc) is 3.08. The molecule has 32 heavy (non-hydrogen) atoms. The van der Waals surface area contributed by atoms with Crippen LogP contribution < -0.4 is 14.4 Å². The number of Topliss-reactive ketones (excluding diaryl/α,β-unsaturated/α-hetero) is 1. The molecule has 1 saturated heterocycles. The molecular weight excluding hydrogens is 443 g/mol. The zero-order chi connectivity index (χ0) is 22.9. The van der Waals surface area contributed by atoms with Gasteiger partial charge in [-0.25, -0.2) is 0 Å². The summed E-state index contributed by atoms with van der Waals surface area (Å²) in [6.07, 6.45) is 0.998. The van der Waals surface area contributed by atoms with E-state index in [-0.39, 0.29) is 28.4 Å². The fourth-order valence-electron chi connectivity index (χ4n) is 4.40. The van der Waals surface area contributed by atoms with E-state index >= 15 is 0 Å². The van der Waals surface area contributed by atoms with E-state index in [9.17, 15) is 18.0 Å². The molecule has 1 atom stereocenters. The van der Waals surface area contributed by atoms with Crippen LogP contribution in [0.2, 0.25) is 0 Å². The fraction of sp³-hybridized carbons (Fsp3) is 0.435. The number of carbonyl (C=O) groups excluding carboxylic acids is 1. The maximum absolute atomic E-state index is 13.3. The molecule has 4 rings (SSSR count). The molecule has 172 valence electrons. The lowest BCUT2D eigenvalue weighted by Crippen LogP contribution is -2.37. The van der Waals surface area contributed by atoms with Gasteiger partial charge in [0.25, 0.3) is 0 Å².